The molecule has 2 atom stereocenters. The van der Waals surface area contributed by atoms with Gasteiger partial charge in [-0.3, -0.25) is 14.9 Å². The highest BCUT2D eigenvalue weighted by molar-refractivity contribution is 7.89. The zero-order chi connectivity index (χ0) is 20.4. The lowest BCUT2D eigenvalue weighted by molar-refractivity contribution is -0.384. The number of nitrogens with two attached hydrogens (primary N) is 1. The molecule has 0 unspecified atom stereocenters. The number of carbonyl (C=O) groups excluding carboxylic acids is 1. The van der Waals surface area contributed by atoms with Crippen molar-refractivity contribution in [2.45, 2.75) is 44.6 Å². The van der Waals surface area contributed by atoms with Gasteiger partial charge < -0.3 is 11.1 Å². The average Bonchev–Trinajstić information content (AvgIpc) is 2.58. The molecule has 3 N–H and O–H groups in total. The van der Waals surface area contributed by atoms with E-state index in [-0.39, 0.29) is 22.4 Å². The number of sulfonamides is 1. The Hall–Kier alpha value is -2.20. The van der Waals surface area contributed by atoms with Crippen LogP contribution in [0.1, 0.15) is 33.6 Å². The number of rotatable bonds is 7. The van der Waals surface area contributed by atoms with Crippen LogP contribution >= 0.6 is 0 Å². The number of primary amides is 1. The summed E-state index contributed by atoms with van der Waals surface area (Å²) >= 11 is 0. The molecule has 1 amide bonds. The second kappa shape index (κ2) is 8.22. The highest BCUT2D eigenvalue weighted by atomic mass is 32.2. The number of anilines is 1. The molecule has 1 aromatic carbocycles. The average molecular weight is 398 g/mol. The second-order valence-corrected chi connectivity index (χ2v) is 9.25. The van der Waals surface area contributed by atoms with Crippen LogP contribution in [0, 0.1) is 22.0 Å². The Morgan fingerprint density at radius 1 is 1.41 bits per heavy atom. The number of piperidine rings is 1. The van der Waals surface area contributed by atoms with Gasteiger partial charge >= 0.3 is 0 Å². The zero-order valence-electron chi connectivity index (χ0n) is 15.7. The number of nitro benzene ring substituents is 1. The molecule has 1 aliphatic rings. The fraction of sp³-hybridized carbons (Fsp3) is 0.588. The lowest BCUT2D eigenvalue weighted by Gasteiger charge is -2.30. The molecule has 0 aromatic heterocycles. The summed E-state index contributed by atoms with van der Waals surface area (Å²) < 4.78 is 27.1. The summed E-state index contributed by atoms with van der Waals surface area (Å²) in [6.45, 7) is 6.28. The first-order chi connectivity index (χ1) is 12.5. The van der Waals surface area contributed by atoms with E-state index in [0.717, 1.165) is 18.9 Å². The van der Waals surface area contributed by atoms with Crippen molar-refractivity contribution in [3.63, 3.8) is 0 Å². The normalized spacial score (nSPS) is 19.6. The Morgan fingerprint density at radius 2 is 2.07 bits per heavy atom. The van der Waals surface area contributed by atoms with E-state index in [1.165, 1.54) is 16.4 Å². The molecule has 9 nitrogen and oxygen atoms in total. The molecule has 0 saturated carbocycles. The number of nitrogens with zero attached hydrogens (tertiary/aromatic N) is 2. The Labute approximate surface area is 159 Å². The molecule has 0 aliphatic carbocycles. The van der Waals surface area contributed by atoms with Crippen molar-refractivity contribution in [2.75, 3.05) is 18.4 Å². The number of hydrogen-bond donors (Lipinski definition) is 2. The molecule has 0 radical (unpaired) electrons. The van der Waals surface area contributed by atoms with Crippen molar-refractivity contribution in [1.82, 2.24) is 4.31 Å². The van der Waals surface area contributed by atoms with Crippen LogP contribution in [-0.4, -0.2) is 42.7 Å². The van der Waals surface area contributed by atoms with Gasteiger partial charge in [0.1, 0.15) is 11.7 Å². The zero-order valence-corrected chi connectivity index (χ0v) is 16.5. The Balaban J connectivity index is 2.40. The standard InChI is InChI=1S/C17H26N4O5S/c1-11(2)16(17(18)22)19-14-7-6-13(9-15(14)21(23)24)27(25,26)20-8-4-5-12(3)10-20/h6-7,9,11-12,16,19H,4-5,8,10H2,1-3H3,(H2,18,22)/t12-,16-/m1/s1. The van der Waals surface area contributed by atoms with Crippen LogP contribution in [0.5, 0.6) is 0 Å². The van der Waals surface area contributed by atoms with Gasteiger partial charge in [0.15, 0.2) is 0 Å². The Kier molecular flexibility index (Phi) is 6.42. The molecule has 1 saturated heterocycles. The van der Waals surface area contributed by atoms with Crippen molar-refractivity contribution in [3.8, 4) is 0 Å². The lowest BCUT2D eigenvalue weighted by Crippen LogP contribution is -2.40. The number of nitrogens with one attached hydrogen (secondary N) is 1. The van der Waals surface area contributed by atoms with E-state index < -0.39 is 32.6 Å². The van der Waals surface area contributed by atoms with Crippen LogP contribution in [0.4, 0.5) is 11.4 Å². The van der Waals surface area contributed by atoms with Gasteiger partial charge in [0, 0.05) is 19.2 Å². The minimum atomic E-state index is -3.82. The van der Waals surface area contributed by atoms with Crippen molar-refractivity contribution in [3.05, 3.63) is 28.3 Å². The number of benzene rings is 1. The van der Waals surface area contributed by atoms with Crippen molar-refractivity contribution < 1.29 is 18.1 Å². The first-order valence-electron chi connectivity index (χ1n) is 8.88. The highest BCUT2D eigenvalue weighted by Crippen LogP contribution is 2.31. The van der Waals surface area contributed by atoms with Gasteiger partial charge in [-0.15, -0.1) is 0 Å². The van der Waals surface area contributed by atoms with Crippen LogP contribution in [0.25, 0.3) is 0 Å². The minimum Gasteiger partial charge on any atom is -0.368 e. The summed E-state index contributed by atoms with van der Waals surface area (Å²) in [5.74, 6) is -0.592. The SMILES string of the molecule is CC(C)[C@@H](Nc1ccc(S(=O)(=O)N2CCC[C@@H](C)C2)cc1[N+](=O)[O-])C(N)=O. The predicted octanol–water partition coefficient (Wildman–Crippen LogP) is 1.94. The molecular formula is C17H26N4O5S. The molecule has 1 fully saturated rings. The third kappa shape index (κ3) is 4.75. The molecule has 2 rings (SSSR count). The summed E-state index contributed by atoms with van der Waals surface area (Å²) in [6, 6.07) is 2.86. The molecule has 10 heteroatoms. The molecular weight excluding hydrogens is 372 g/mol. The van der Waals surface area contributed by atoms with E-state index in [2.05, 4.69) is 5.32 Å². The van der Waals surface area contributed by atoms with Crippen LogP contribution in [0.3, 0.4) is 0 Å². The van der Waals surface area contributed by atoms with E-state index >= 15 is 0 Å². The summed E-state index contributed by atoms with van der Waals surface area (Å²) in [4.78, 5) is 22.3. The van der Waals surface area contributed by atoms with Gasteiger partial charge in [0.25, 0.3) is 5.69 Å². The number of nitro groups is 1. The molecule has 0 spiro atoms. The maximum Gasteiger partial charge on any atom is 0.293 e. The molecule has 1 aromatic rings. The van der Waals surface area contributed by atoms with Crippen LogP contribution in [-0.2, 0) is 14.8 Å². The molecule has 0 bridgehead atoms. The van der Waals surface area contributed by atoms with Crippen molar-refractivity contribution >= 4 is 27.3 Å². The first kappa shape index (κ1) is 21.1. The number of carbonyl (C=O) groups is 1. The second-order valence-electron chi connectivity index (χ2n) is 7.31. The topological polar surface area (TPSA) is 136 Å². The molecule has 1 aliphatic heterocycles. The van der Waals surface area contributed by atoms with Gasteiger partial charge in [-0.05, 0) is 36.8 Å². The van der Waals surface area contributed by atoms with E-state index in [1.807, 2.05) is 6.92 Å². The maximum atomic E-state index is 12.9. The lowest BCUT2D eigenvalue weighted by atomic mass is 10.0. The van der Waals surface area contributed by atoms with E-state index in [0.29, 0.717) is 13.1 Å². The van der Waals surface area contributed by atoms with Crippen LogP contribution in [0.15, 0.2) is 23.1 Å². The smallest absolute Gasteiger partial charge is 0.293 e. The van der Waals surface area contributed by atoms with E-state index in [1.54, 1.807) is 13.8 Å². The van der Waals surface area contributed by atoms with Crippen LogP contribution < -0.4 is 11.1 Å². The summed E-state index contributed by atoms with van der Waals surface area (Å²) in [5.41, 5.74) is 5.00. The van der Waals surface area contributed by atoms with Gasteiger partial charge in [-0.1, -0.05) is 20.8 Å². The number of hydrogen-bond acceptors (Lipinski definition) is 6. The largest absolute Gasteiger partial charge is 0.368 e. The van der Waals surface area contributed by atoms with Gasteiger partial charge in [-0.25, -0.2) is 8.42 Å². The monoisotopic (exact) mass is 398 g/mol. The summed E-state index contributed by atoms with van der Waals surface area (Å²) in [7, 11) is -3.82. The maximum absolute atomic E-state index is 12.9. The summed E-state index contributed by atoms with van der Waals surface area (Å²) in [5, 5.41) is 14.3. The van der Waals surface area contributed by atoms with Gasteiger partial charge in [-0.2, -0.15) is 4.31 Å². The van der Waals surface area contributed by atoms with Crippen molar-refractivity contribution in [1.29, 1.82) is 0 Å². The number of amides is 1. The minimum absolute atomic E-state index is 0.0588. The third-order valence-corrected chi connectivity index (χ3v) is 6.57. The molecule has 150 valence electrons. The fourth-order valence-electron chi connectivity index (χ4n) is 3.19. The molecule has 27 heavy (non-hydrogen) atoms. The summed E-state index contributed by atoms with van der Waals surface area (Å²) in [6.07, 6.45) is 1.72. The molecule has 1 heterocycles. The Morgan fingerprint density at radius 3 is 2.59 bits per heavy atom. The van der Waals surface area contributed by atoms with Gasteiger partial charge in [0.2, 0.25) is 15.9 Å². The van der Waals surface area contributed by atoms with E-state index in [9.17, 15) is 23.3 Å². The highest BCUT2D eigenvalue weighted by Gasteiger charge is 2.31. The quantitative estimate of drug-likeness (QED) is 0.532. The fourth-order valence-corrected chi connectivity index (χ4v) is 4.81. The Bertz CT molecular complexity index is 825. The van der Waals surface area contributed by atoms with Crippen LogP contribution in [0.2, 0.25) is 0 Å². The third-order valence-electron chi connectivity index (χ3n) is 4.71. The van der Waals surface area contributed by atoms with E-state index in [4.69, 9.17) is 5.73 Å². The van der Waals surface area contributed by atoms with Gasteiger partial charge in [0.05, 0.1) is 9.82 Å². The first-order valence-corrected chi connectivity index (χ1v) is 10.3. The van der Waals surface area contributed by atoms with Crippen molar-refractivity contribution in [2.24, 2.45) is 17.6 Å². The predicted molar refractivity (Wildman–Crippen MR) is 102 cm³/mol.